The number of amides is 2. The number of nitrogens with one attached hydrogen (secondary N) is 1. The molecule has 0 saturated heterocycles. The monoisotopic (exact) mass is 359 g/mol. The molecule has 1 aliphatic heterocycles. The number of likely N-dealkylation sites (N-methyl/N-ethyl adjacent to an activating group) is 1. The van der Waals surface area contributed by atoms with E-state index in [9.17, 15) is 9.59 Å². The van der Waals surface area contributed by atoms with Gasteiger partial charge in [-0.1, -0.05) is 42.2 Å². The van der Waals surface area contributed by atoms with Crippen molar-refractivity contribution in [1.82, 2.24) is 5.48 Å². The molecular formula is C21H17N3O3. The number of hydrogen-bond acceptors (Lipinski definition) is 4. The lowest BCUT2D eigenvalue weighted by molar-refractivity contribution is -0.124. The Bertz CT molecular complexity index is 998. The van der Waals surface area contributed by atoms with Crippen molar-refractivity contribution in [2.24, 2.45) is 4.99 Å². The third-order valence-corrected chi connectivity index (χ3v) is 4.05. The van der Waals surface area contributed by atoms with E-state index in [0.717, 1.165) is 28.6 Å². The van der Waals surface area contributed by atoms with Crippen LogP contribution in [0.25, 0.3) is 0 Å². The standard InChI is InChI=1S/C21H17N3O3/c1-24-18-12-11-15(7-5-6-10-19(25)23-27)13-17(18)21(22-14-20(24)26)16-8-3-2-4-9-16/h2-4,6,8-13,27H,14H2,1H3,(H,23,25)/b10-6+. The molecule has 27 heavy (non-hydrogen) atoms. The average molecular weight is 359 g/mol. The highest BCUT2D eigenvalue weighted by Gasteiger charge is 2.22. The summed E-state index contributed by atoms with van der Waals surface area (Å²) in [6.45, 7) is 0.0788. The minimum Gasteiger partial charge on any atom is -0.313 e. The Labute approximate surface area is 156 Å². The number of benzene rings is 2. The van der Waals surface area contributed by atoms with Gasteiger partial charge in [0.1, 0.15) is 6.54 Å². The average Bonchev–Trinajstić information content (AvgIpc) is 2.82. The number of carbonyl (C=O) groups is 2. The molecule has 0 radical (unpaired) electrons. The van der Waals surface area contributed by atoms with Crippen LogP contribution in [-0.4, -0.2) is 36.3 Å². The van der Waals surface area contributed by atoms with E-state index in [1.54, 1.807) is 11.9 Å². The second-order valence-electron chi connectivity index (χ2n) is 5.79. The Morgan fingerprint density at radius 1 is 1.26 bits per heavy atom. The van der Waals surface area contributed by atoms with Gasteiger partial charge in [-0.25, -0.2) is 5.48 Å². The smallest absolute Gasteiger partial charge is 0.267 e. The van der Waals surface area contributed by atoms with Crippen molar-refractivity contribution in [3.63, 3.8) is 0 Å². The molecular weight excluding hydrogens is 342 g/mol. The zero-order valence-corrected chi connectivity index (χ0v) is 14.6. The van der Waals surface area contributed by atoms with E-state index >= 15 is 0 Å². The Hall–Kier alpha value is -3.69. The molecule has 0 unspecified atom stereocenters. The first-order valence-corrected chi connectivity index (χ1v) is 8.23. The number of aliphatic imine (C=N–C) groups is 1. The zero-order valence-electron chi connectivity index (χ0n) is 14.6. The molecule has 6 nitrogen and oxygen atoms in total. The van der Waals surface area contributed by atoms with Crippen LogP contribution in [0.1, 0.15) is 16.7 Å². The number of nitrogens with zero attached hydrogens (tertiary/aromatic N) is 2. The third kappa shape index (κ3) is 4.11. The first kappa shape index (κ1) is 18.1. The van der Waals surface area contributed by atoms with Gasteiger partial charge < -0.3 is 4.90 Å². The van der Waals surface area contributed by atoms with Crippen LogP contribution in [0.3, 0.4) is 0 Å². The fourth-order valence-corrected chi connectivity index (χ4v) is 2.69. The minimum absolute atomic E-state index is 0.0788. The highest BCUT2D eigenvalue weighted by Crippen LogP contribution is 2.27. The van der Waals surface area contributed by atoms with Gasteiger partial charge >= 0.3 is 0 Å². The predicted molar refractivity (Wildman–Crippen MR) is 103 cm³/mol. The topological polar surface area (TPSA) is 82.0 Å². The van der Waals surface area contributed by atoms with Crippen LogP contribution in [0.2, 0.25) is 0 Å². The highest BCUT2D eigenvalue weighted by atomic mass is 16.5. The number of benzodiazepines with no additional fused rings is 1. The second kappa shape index (κ2) is 8.13. The van der Waals surface area contributed by atoms with Crippen LogP contribution in [0.5, 0.6) is 0 Å². The number of carbonyl (C=O) groups excluding carboxylic acids is 2. The van der Waals surface area contributed by atoms with Gasteiger partial charge in [-0.3, -0.25) is 19.8 Å². The number of fused-ring (bicyclic) bond motifs is 1. The SMILES string of the molecule is CN1C(=O)CN=C(c2ccccc2)c2cc(C#C/C=C/C(=O)NO)ccc21. The van der Waals surface area contributed by atoms with E-state index in [-0.39, 0.29) is 12.5 Å². The van der Waals surface area contributed by atoms with Crippen LogP contribution in [0.15, 0.2) is 65.7 Å². The molecule has 1 aliphatic rings. The molecule has 0 aliphatic carbocycles. The summed E-state index contributed by atoms with van der Waals surface area (Å²) in [6.07, 6.45) is 2.47. The van der Waals surface area contributed by atoms with Crippen LogP contribution in [0.4, 0.5) is 5.69 Å². The number of anilines is 1. The van der Waals surface area contributed by atoms with Crippen molar-refractivity contribution in [2.45, 2.75) is 0 Å². The summed E-state index contributed by atoms with van der Waals surface area (Å²) >= 11 is 0. The van der Waals surface area contributed by atoms with E-state index < -0.39 is 5.91 Å². The number of rotatable bonds is 2. The largest absolute Gasteiger partial charge is 0.313 e. The van der Waals surface area contributed by atoms with E-state index in [1.165, 1.54) is 11.6 Å². The maximum atomic E-state index is 12.3. The molecule has 1 heterocycles. The van der Waals surface area contributed by atoms with Gasteiger partial charge in [0, 0.05) is 29.8 Å². The van der Waals surface area contributed by atoms with E-state index in [2.05, 4.69) is 16.8 Å². The summed E-state index contributed by atoms with van der Waals surface area (Å²) in [5.74, 6) is 4.94. The molecule has 3 rings (SSSR count). The van der Waals surface area contributed by atoms with Crippen molar-refractivity contribution in [3.8, 4) is 11.8 Å². The van der Waals surface area contributed by atoms with Gasteiger partial charge in [-0.05, 0) is 24.3 Å². The van der Waals surface area contributed by atoms with E-state index in [1.807, 2.05) is 48.5 Å². The quantitative estimate of drug-likeness (QED) is 0.372. The summed E-state index contributed by atoms with van der Waals surface area (Å²) in [4.78, 5) is 29.3. The molecule has 2 amide bonds. The Balaban J connectivity index is 2.04. The first-order valence-electron chi connectivity index (χ1n) is 8.23. The molecule has 2 aromatic rings. The normalized spacial score (nSPS) is 13.3. The zero-order chi connectivity index (χ0) is 19.2. The third-order valence-electron chi connectivity index (χ3n) is 4.05. The maximum Gasteiger partial charge on any atom is 0.267 e. The number of hydrogen-bond donors (Lipinski definition) is 2. The number of hydroxylamine groups is 1. The van der Waals surface area contributed by atoms with Crippen molar-refractivity contribution in [3.05, 3.63) is 77.4 Å². The molecule has 0 bridgehead atoms. The molecule has 0 fully saturated rings. The molecule has 2 aromatic carbocycles. The van der Waals surface area contributed by atoms with Crippen LogP contribution in [0, 0.1) is 11.8 Å². The molecule has 0 atom stereocenters. The summed E-state index contributed by atoms with van der Waals surface area (Å²) in [7, 11) is 1.73. The van der Waals surface area contributed by atoms with E-state index in [0.29, 0.717) is 5.56 Å². The summed E-state index contributed by atoms with van der Waals surface area (Å²) < 4.78 is 0. The molecule has 2 N–H and O–H groups in total. The second-order valence-corrected chi connectivity index (χ2v) is 5.79. The van der Waals surface area contributed by atoms with Gasteiger partial charge in [0.05, 0.1) is 11.4 Å². The maximum absolute atomic E-state index is 12.3. The lowest BCUT2D eigenvalue weighted by Crippen LogP contribution is -2.27. The summed E-state index contributed by atoms with van der Waals surface area (Å²) in [5, 5.41) is 8.45. The summed E-state index contributed by atoms with van der Waals surface area (Å²) in [5.41, 5.74) is 5.46. The fourth-order valence-electron chi connectivity index (χ4n) is 2.69. The lowest BCUT2D eigenvalue weighted by Gasteiger charge is -2.18. The van der Waals surface area contributed by atoms with Crippen LogP contribution >= 0.6 is 0 Å². The van der Waals surface area contributed by atoms with Gasteiger partial charge in [-0.15, -0.1) is 0 Å². The highest BCUT2D eigenvalue weighted by molar-refractivity contribution is 6.19. The van der Waals surface area contributed by atoms with Crippen molar-refractivity contribution in [1.29, 1.82) is 0 Å². The van der Waals surface area contributed by atoms with Gasteiger partial charge in [-0.2, -0.15) is 0 Å². The fraction of sp³-hybridized carbons (Fsp3) is 0.0952. The van der Waals surface area contributed by atoms with Gasteiger partial charge in [0.25, 0.3) is 5.91 Å². The van der Waals surface area contributed by atoms with Crippen LogP contribution < -0.4 is 10.4 Å². The Kier molecular flexibility index (Phi) is 5.45. The van der Waals surface area contributed by atoms with Crippen molar-refractivity contribution >= 4 is 23.2 Å². The molecule has 0 saturated carbocycles. The van der Waals surface area contributed by atoms with Gasteiger partial charge in [0.15, 0.2) is 0 Å². The number of allylic oxidation sites excluding steroid dienone is 1. The van der Waals surface area contributed by atoms with Crippen molar-refractivity contribution < 1.29 is 14.8 Å². The lowest BCUT2D eigenvalue weighted by atomic mass is 9.98. The Morgan fingerprint density at radius 2 is 2.04 bits per heavy atom. The van der Waals surface area contributed by atoms with Crippen LogP contribution in [-0.2, 0) is 9.59 Å². The molecule has 0 spiro atoms. The minimum atomic E-state index is -0.648. The van der Waals surface area contributed by atoms with E-state index in [4.69, 9.17) is 5.21 Å². The van der Waals surface area contributed by atoms with Gasteiger partial charge in [0.2, 0.25) is 5.91 Å². The van der Waals surface area contributed by atoms with Crippen molar-refractivity contribution in [2.75, 3.05) is 18.5 Å². The predicted octanol–water partition coefficient (Wildman–Crippen LogP) is 1.91. The molecule has 134 valence electrons. The molecule has 6 heteroatoms. The first-order chi connectivity index (χ1) is 13.1. The molecule has 0 aromatic heterocycles. The Morgan fingerprint density at radius 3 is 2.78 bits per heavy atom. The summed E-state index contributed by atoms with van der Waals surface area (Å²) in [6, 6.07) is 15.2.